The maximum Gasteiger partial charge on any atom is 0.227 e. The number of likely N-dealkylation sites (tertiary alicyclic amines) is 1. The summed E-state index contributed by atoms with van der Waals surface area (Å²) in [6.07, 6.45) is 2.05. The number of piperidine rings is 1. The first-order valence-electron chi connectivity index (χ1n) is 7.44. The van der Waals surface area contributed by atoms with Gasteiger partial charge in [0.25, 0.3) is 0 Å². The van der Waals surface area contributed by atoms with Gasteiger partial charge in [-0.25, -0.2) is 0 Å². The van der Waals surface area contributed by atoms with Gasteiger partial charge >= 0.3 is 0 Å². The van der Waals surface area contributed by atoms with Crippen molar-refractivity contribution in [3.05, 3.63) is 0 Å². The van der Waals surface area contributed by atoms with Gasteiger partial charge in [0.2, 0.25) is 5.91 Å². The van der Waals surface area contributed by atoms with Crippen LogP contribution in [-0.4, -0.2) is 73.2 Å². The van der Waals surface area contributed by atoms with E-state index in [1.807, 2.05) is 4.90 Å². The van der Waals surface area contributed by atoms with Crippen molar-refractivity contribution < 1.29 is 9.90 Å². The van der Waals surface area contributed by atoms with E-state index < -0.39 is 0 Å². The number of aliphatic hydroxyl groups is 1. The lowest BCUT2D eigenvalue weighted by atomic mass is 9.94. The fourth-order valence-electron chi connectivity index (χ4n) is 3.24. The predicted octanol–water partition coefficient (Wildman–Crippen LogP) is -0.243. The quantitative estimate of drug-likeness (QED) is 0.739. The summed E-state index contributed by atoms with van der Waals surface area (Å²) >= 11 is 0. The molecule has 2 N–H and O–H groups in total. The van der Waals surface area contributed by atoms with Crippen LogP contribution in [0.4, 0.5) is 0 Å². The minimum atomic E-state index is 0.0621. The van der Waals surface area contributed by atoms with Gasteiger partial charge in [-0.2, -0.15) is 0 Å². The summed E-state index contributed by atoms with van der Waals surface area (Å²) in [5, 5.41) is 12.5. The Kier molecular flexibility index (Phi) is 5.19. The summed E-state index contributed by atoms with van der Waals surface area (Å²) in [5.74, 6) is 0.729. The molecule has 2 atom stereocenters. The fourth-order valence-corrected chi connectivity index (χ4v) is 3.24. The molecule has 0 radical (unpaired) electrons. The lowest BCUT2D eigenvalue weighted by molar-refractivity contribution is -0.140. The van der Waals surface area contributed by atoms with Crippen LogP contribution in [0.3, 0.4) is 0 Å². The summed E-state index contributed by atoms with van der Waals surface area (Å²) in [7, 11) is 2.12. The van der Waals surface area contributed by atoms with E-state index in [9.17, 15) is 9.90 Å². The Morgan fingerprint density at radius 1 is 1.37 bits per heavy atom. The van der Waals surface area contributed by atoms with Crippen molar-refractivity contribution in [1.29, 1.82) is 0 Å². The zero-order chi connectivity index (χ0) is 13.8. The van der Waals surface area contributed by atoms with Crippen LogP contribution in [0, 0.1) is 11.8 Å². The Balaban J connectivity index is 2.00. The van der Waals surface area contributed by atoms with Crippen LogP contribution < -0.4 is 5.32 Å². The molecule has 2 aliphatic rings. The van der Waals surface area contributed by atoms with Crippen LogP contribution in [0.2, 0.25) is 0 Å². The summed E-state index contributed by atoms with van der Waals surface area (Å²) in [5.41, 5.74) is 0. The molecule has 2 unspecified atom stereocenters. The molecule has 0 aliphatic carbocycles. The molecule has 2 fully saturated rings. The largest absolute Gasteiger partial charge is 0.395 e. The van der Waals surface area contributed by atoms with Crippen molar-refractivity contribution in [2.45, 2.75) is 25.8 Å². The Bertz CT molecular complexity index is 303. The minimum absolute atomic E-state index is 0.0621. The van der Waals surface area contributed by atoms with Gasteiger partial charge in [0.15, 0.2) is 0 Å². The number of nitrogens with one attached hydrogen (secondary N) is 1. The monoisotopic (exact) mass is 269 g/mol. The lowest BCUT2D eigenvalue weighted by Gasteiger charge is -2.38. The van der Waals surface area contributed by atoms with Gasteiger partial charge in [-0.15, -0.1) is 0 Å². The average molecular weight is 269 g/mol. The molecular formula is C14H27N3O2. The van der Waals surface area contributed by atoms with Crippen LogP contribution in [0.25, 0.3) is 0 Å². The molecular weight excluding hydrogens is 242 g/mol. The normalized spacial score (nSPS) is 29.6. The van der Waals surface area contributed by atoms with Crippen molar-refractivity contribution >= 4 is 5.91 Å². The summed E-state index contributed by atoms with van der Waals surface area (Å²) < 4.78 is 0. The predicted molar refractivity (Wildman–Crippen MR) is 74.8 cm³/mol. The number of rotatable bonds is 4. The second-order valence-corrected chi connectivity index (χ2v) is 6.03. The number of hydrogen-bond acceptors (Lipinski definition) is 4. The maximum atomic E-state index is 12.7. The van der Waals surface area contributed by atoms with Gasteiger partial charge in [0.1, 0.15) is 0 Å². The summed E-state index contributed by atoms with van der Waals surface area (Å²) in [4.78, 5) is 16.9. The second kappa shape index (κ2) is 6.68. The third kappa shape index (κ3) is 3.46. The molecule has 5 heteroatoms. The van der Waals surface area contributed by atoms with E-state index in [0.29, 0.717) is 18.5 Å². The highest BCUT2D eigenvalue weighted by molar-refractivity contribution is 5.80. The SMILES string of the molecule is CC1CNCC1C(=O)N(CCO)C1CCN(C)CC1. The summed E-state index contributed by atoms with van der Waals surface area (Å²) in [6, 6.07) is 0.309. The van der Waals surface area contributed by atoms with E-state index >= 15 is 0 Å². The molecule has 0 aromatic rings. The molecule has 0 aromatic carbocycles. The molecule has 2 aliphatic heterocycles. The highest BCUT2D eigenvalue weighted by atomic mass is 16.3. The number of aliphatic hydroxyl groups excluding tert-OH is 1. The number of amides is 1. The Hall–Kier alpha value is -0.650. The van der Waals surface area contributed by atoms with Gasteiger partial charge in [-0.3, -0.25) is 4.79 Å². The van der Waals surface area contributed by atoms with Crippen molar-refractivity contribution in [2.75, 3.05) is 46.4 Å². The van der Waals surface area contributed by atoms with E-state index in [1.165, 1.54) is 0 Å². The molecule has 0 bridgehead atoms. The van der Waals surface area contributed by atoms with Crippen LogP contribution in [0.5, 0.6) is 0 Å². The van der Waals surface area contributed by atoms with Gasteiger partial charge in [0, 0.05) is 19.1 Å². The van der Waals surface area contributed by atoms with Gasteiger partial charge in [-0.05, 0) is 45.4 Å². The minimum Gasteiger partial charge on any atom is -0.395 e. The Labute approximate surface area is 115 Å². The topological polar surface area (TPSA) is 55.8 Å². The second-order valence-electron chi connectivity index (χ2n) is 6.03. The third-order valence-electron chi connectivity index (χ3n) is 4.59. The number of hydrogen-bond donors (Lipinski definition) is 2. The van der Waals surface area contributed by atoms with E-state index in [0.717, 1.165) is 39.0 Å². The first kappa shape index (κ1) is 14.8. The summed E-state index contributed by atoms with van der Waals surface area (Å²) in [6.45, 7) is 6.47. The van der Waals surface area contributed by atoms with Crippen molar-refractivity contribution in [3.8, 4) is 0 Å². The molecule has 110 valence electrons. The van der Waals surface area contributed by atoms with E-state index in [1.54, 1.807) is 0 Å². The molecule has 2 heterocycles. The van der Waals surface area contributed by atoms with E-state index in [4.69, 9.17) is 0 Å². The first-order chi connectivity index (χ1) is 9.13. The lowest BCUT2D eigenvalue weighted by Crippen LogP contribution is -2.50. The maximum absolute atomic E-state index is 12.7. The zero-order valence-electron chi connectivity index (χ0n) is 12.1. The third-order valence-corrected chi connectivity index (χ3v) is 4.59. The molecule has 1 amide bonds. The van der Waals surface area contributed by atoms with E-state index in [2.05, 4.69) is 24.2 Å². The molecule has 19 heavy (non-hydrogen) atoms. The highest BCUT2D eigenvalue weighted by Gasteiger charge is 2.35. The average Bonchev–Trinajstić information content (AvgIpc) is 2.83. The van der Waals surface area contributed by atoms with Crippen LogP contribution in [0.1, 0.15) is 19.8 Å². The molecule has 2 rings (SSSR count). The molecule has 0 saturated carbocycles. The molecule has 2 saturated heterocycles. The van der Waals surface area contributed by atoms with Gasteiger partial charge < -0.3 is 20.2 Å². The molecule has 0 spiro atoms. The fraction of sp³-hybridized carbons (Fsp3) is 0.929. The van der Waals surface area contributed by atoms with Gasteiger partial charge in [0.05, 0.1) is 12.5 Å². The zero-order valence-corrected chi connectivity index (χ0v) is 12.1. The van der Waals surface area contributed by atoms with Crippen molar-refractivity contribution in [1.82, 2.24) is 15.1 Å². The number of nitrogens with zero attached hydrogens (tertiary/aromatic N) is 2. The van der Waals surface area contributed by atoms with Crippen molar-refractivity contribution in [3.63, 3.8) is 0 Å². The molecule has 5 nitrogen and oxygen atoms in total. The Morgan fingerprint density at radius 2 is 2.05 bits per heavy atom. The van der Waals surface area contributed by atoms with Crippen LogP contribution in [-0.2, 0) is 4.79 Å². The first-order valence-corrected chi connectivity index (χ1v) is 7.44. The Morgan fingerprint density at radius 3 is 2.58 bits per heavy atom. The van der Waals surface area contributed by atoms with Crippen molar-refractivity contribution in [2.24, 2.45) is 11.8 Å². The number of carbonyl (C=O) groups excluding carboxylic acids is 1. The standard InChI is InChI=1S/C14H27N3O2/c1-11-9-15-10-13(11)14(19)17(7-8-18)12-3-5-16(2)6-4-12/h11-13,15,18H,3-10H2,1-2H3. The van der Waals surface area contributed by atoms with Gasteiger partial charge in [-0.1, -0.05) is 6.92 Å². The van der Waals surface area contributed by atoms with Crippen LogP contribution >= 0.6 is 0 Å². The van der Waals surface area contributed by atoms with Crippen LogP contribution in [0.15, 0.2) is 0 Å². The van der Waals surface area contributed by atoms with E-state index in [-0.39, 0.29) is 18.4 Å². The molecule has 0 aromatic heterocycles. The highest BCUT2D eigenvalue weighted by Crippen LogP contribution is 2.23. The smallest absolute Gasteiger partial charge is 0.227 e. The number of carbonyl (C=O) groups is 1.